The van der Waals surface area contributed by atoms with E-state index in [9.17, 15) is 6.14 Å². The predicted molar refractivity (Wildman–Crippen MR) is 34.8 cm³/mol. The van der Waals surface area contributed by atoms with Crippen LogP contribution in [0.1, 0.15) is 13.8 Å². The topological polar surface area (TPSA) is 34.1 Å². The minimum absolute atomic E-state index is 0.518. The largest absolute Gasteiger partial charge is 0.336 e. The van der Waals surface area contributed by atoms with Crippen molar-refractivity contribution in [3.63, 3.8) is 0 Å². The molecular weight excluding hydrogens is 207 g/mol. The lowest BCUT2D eigenvalue weighted by molar-refractivity contribution is 0.610. The summed E-state index contributed by atoms with van der Waals surface area (Å²) in [4.78, 5) is 0. The highest BCUT2D eigenvalue weighted by molar-refractivity contribution is 14.2. The van der Waals surface area contributed by atoms with Gasteiger partial charge in [-0.25, -0.2) is 6.14 Å². The van der Waals surface area contributed by atoms with Crippen LogP contribution in [0.25, 0.3) is 0 Å². The molecule has 0 aliphatic carbocycles. The maximum atomic E-state index is 9.99. The third-order valence-electron chi connectivity index (χ3n) is 0.641. The lowest BCUT2D eigenvalue weighted by Gasteiger charge is -1.73. The summed E-state index contributed by atoms with van der Waals surface area (Å²) in [5, 5.41) is 0. The van der Waals surface area contributed by atoms with Crippen molar-refractivity contribution in [3.05, 3.63) is 9.66 Å². The molecule has 0 bridgehead atoms. The van der Waals surface area contributed by atoms with Gasteiger partial charge in [0.2, 0.25) is 0 Å². The van der Waals surface area contributed by atoms with Crippen molar-refractivity contribution in [2.75, 3.05) is 0 Å². The van der Waals surface area contributed by atoms with Crippen molar-refractivity contribution < 1.29 is 6.14 Å². The Balaban J connectivity index is 4.10. The fraction of sp³-hybridized carbons (Fsp3) is 0.500. The molecule has 0 saturated heterocycles. The highest BCUT2D eigenvalue weighted by atomic mass is 127. The monoisotopic (exact) mass is 214 g/mol. The van der Waals surface area contributed by atoms with Crippen molar-refractivity contribution in [1.29, 1.82) is 0 Å². The third kappa shape index (κ3) is 2.73. The predicted octanol–water partition coefficient (Wildman–Crippen LogP) is 2.11. The first-order valence-electron chi connectivity index (χ1n) is 1.86. The van der Waals surface area contributed by atoms with Crippen LogP contribution in [-0.4, -0.2) is 0 Å². The van der Waals surface area contributed by atoms with E-state index < -0.39 is 19.8 Å². The molecule has 2 nitrogen and oxygen atoms in total. The van der Waals surface area contributed by atoms with Gasteiger partial charge in [-0.05, 0) is 13.8 Å². The van der Waals surface area contributed by atoms with Crippen LogP contribution in [-0.2, 0) is 6.14 Å². The molecule has 0 spiro atoms. The van der Waals surface area contributed by atoms with Gasteiger partial charge < -0.3 is 0 Å². The molecule has 42 valence electrons. The molecule has 0 aromatic rings. The number of halogens is 1. The van der Waals surface area contributed by atoms with Crippen molar-refractivity contribution in [3.8, 4) is 0 Å². The van der Waals surface area contributed by atoms with Gasteiger partial charge in [0.25, 0.3) is 0 Å². The first kappa shape index (κ1) is 7.07. The summed E-state index contributed by atoms with van der Waals surface area (Å²) in [6, 6.07) is 0. The number of hydrogen-bond donors (Lipinski definition) is 0. The van der Waals surface area contributed by atoms with Gasteiger partial charge in [-0.3, -0.25) is 0 Å². The van der Waals surface area contributed by atoms with Crippen molar-refractivity contribution >= 4 is 19.8 Å². The van der Waals surface area contributed by atoms with E-state index in [1.165, 1.54) is 0 Å². The lowest BCUT2D eigenvalue weighted by atomic mass is 10.6. The average molecular weight is 214 g/mol. The normalized spacial score (nSPS) is 12.7. The quantitative estimate of drug-likeness (QED) is 0.626. The number of hydrogen-bond acceptors (Lipinski definition) is 2. The minimum atomic E-state index is -3.05. The minimum Gasteiger partial charge on any atom is -0.230 e. The molecule has 0 fully saturated rings. The van der Waals surface area contributed by atoms with Gasteiger partial charge >= 0.3 is 19.8 Å². The summed E-state index contributed by atoms with van der Waals surface area (Å²) < 4.78 is 20.5. The average Bonchev–Trinajstić information content (AvgIpc) is 1.65. The van der Waals surface area contributed by atoms with Crippen LogP contribution in [0.5, 0.6) is 0 Å². The molecule has 0 amide bonds. The highest BCUT2D eigenvalue weighted by Gasteiger charge is 1.87. The summed E-state index contributed by atoms with van der Waals surface area (Å²) in [7, 11) is 0. The second-order valence-corrected chi connectivity index (χ2v) is 4.03. The van der Waals surface area contributed by atoms with Crippen LogP contribution in [0.3, 0.4) is 0 Å². The van der Waals surface area contributed by atoms with Crippen LogP contribution in [0.2, 0.25) is 0 Å². The van der Waals surface area contributed by atoms with Gasteiger partial charge in [-0.2, -0.15) is 0 Å². The van der Waals surface area contributed by atoms with E-state index in [-0.39, 0.29) is 0 Å². The van der Waals surface area contributed by atoms with Crippen molar-refractivity contribution in [2.45, 2.75) is 13.8 Å². The van der Waals surface area contributed by atoms with Crippen LogP contribution in [0, 0.1) is 0 Å². The van der Waals surface area contributed by atoms with Gasteiger partial charge in [-0.15, -0.1) is 0 Å². The molecule has 0 N–H and O–H groups in total. The van der Waals surface area contributed by atoms with Crippen LogP contribution < -0.4 is 0 Å². The SMILES string of the molecule is C/C=C(/C)I(=O)=O. The molecule has 0 radical (unpaired) electrons. The van der Waals surface area contributed by atoms with Gasteiger partial charge in [0, 0.05) is 3.58 Å². The van der Waals surface area contributed by atoms with Crippen LogP contribution in [0.15, 0.2) is 9.66 Å². The van der Waals surface area contributed by atoms with Gasteiger partial charge in [0.15, 0.2) is 0 Å². The molecule has 0 aliphatic heterocycles. The van der Waals surface area contributed by atoms with Gasteiger partial charge in [-0.1, -0.05) is 6.08 Å². The molecule has 7 heavy (non-hydrogen) atoms. The molecule has 0 aromatic heterocycles. The third-order valence-corrected chi connectivity index (χ3v) is 2.65. The van der Waals surface area contributed by atoms with Crippen molar-refractivity contribution in [2.24, 2.45) is 0 Å². The number of rotatable bonds is 1. The lowest BCUT2D eigenvalue weighted by Crippen LogP contribution is -1.51. The summed E-state index contributed by atoms with van der Waals surface area (Å²) in [6.07, 6.45) is 1.60. The van der Waals surface area contributed by atoms with Gasteiger partial charge in [0.05, 0.1) is 0 Å². The van der Waals surface area contributed by atoms with E-state index in [1.54, 1.807) is 19.9 Å². The highest BCUT2D eigenvalue weighted by Crippen LogP contribution is 2.17. The first-order chi connectivity index (χ1) is 3.18. The Bertz CT molecular complexity index is 136. The maximum Gasteiger partial charge on any atom is 0.336 e. The molecule has 0 saturated carbocycles. The van der Waals surface area contributed by atoms with Crippen LogP contribution in [0.4, 0.5) is 0 Å². The first-order valence-corrected chi connectivity index (χ1v) is 4.70. The standard InChI is InChI=1S/C4H7IO2/c1-3-4(2)5(6)7/h3H,1-2H3/b4-3-. The van der Waals surface area contributed by atoms with E-state index >= 15 is 0 Å². The Hall–Kier alpha value is 0.0700. The summed E-state index contributed by atoms with van der Waals surface area (Å²) in [5.41, 5.74) is 0. The smallest absolute Gasteiger partial charge is 0.230 e. The van der Waals surface area contributed by atoms with Gasteiger partial charge in [0.1, 0.15) is 0 Å². The molecule has 0 rings (SSSR count). The summed E-state index contributed by atoms with van der Waals surface area (Å²) in [5.74, 6) is 0. The molecule has 0 heterocycles. The molecule has 0 unspecified atom stereocenters. The maximum absolute atomic E-state index is 9.99. The summed E-state index contributed by atoms with van der Waals surface area (Å²) >= 11 is -3.05. The van der Waals surface area contributed by atoms with E-state index in [0.717, 1.165) is 0 Å². The summed E-state index contributed by atoms with van der Waals surface area (Å²) in [6.45, 7) is 3.32. The molecule has 0 aliphatic rings. The zero-order valence-corrected chi connectivity index (χ0v) is 6.43. The number of allylic oxidation sites excluding steroid dienone is 2. The molecule has 3 heteroatoms. The van der Waals surface area contributed by atoms with E-state index in [2.05, 4.69) is 0 Å². The zero-order valence-electron chi connectivity index (χ0n) is 4.27. The Morgan fingerprint density at radius 1 is 1.57 bits per heavy atom. The Kier molecular flexibility index (Phi) is 3.15. The zero-order chi connectivity index (χ0) is 5.86. The Morgan fingerprint density at radius 2 is 2.00 bits per heavy atom. The second-order valence-electron chi connectivity index (χ2n) is 1.09. The van der Waals surface area contributed by atoms with E-state index in [0.29, 0.717) is 3.58 Å². The molecule has 0 atom stereocenters. The van der Waals surface area contributed by atoms with E-state index in [4.69, 9.17) is 0 Å². The van der Waals surface area contributed by atoms with Crippen LogP contribution >= 0.6 is 19.8 Å². The van der Waals surface area contributed by atoms with E-state index in [1.807, 2.05) is 0 Å². The fourth-order valence-corrected chi connectivity index (χ4v) is 0.598. The Labute approximate surface area is 49.8 Å². The van der Waals surface area contributed by atoms with Crippen molar-refractivity contribution in [1.82, 2.24) is 0 Å². The molecule has 0 aromatic carbocycles. The molecular formula is C4H7IO2. The second kappa shape index (κ2) is 3.12. The fourth-order valence-electron chi connectivity index (χ4n) is 0.0891. The Morgan fingerprint density at radius 3 is 2.00 bits per heavy atom.